The number of nitrogens with two attached hydrogens (primary N) is 1. The monoisotopic (exact) mass is 594 g/mol. The number of aromatic nitrogens is 2. The molecule has 0 radical (unpaired) electrons. The van der Waals surface area contributed by atoms with E-state index in [4.69, 9.17) is 11.0 Å². The number of carbonyl (C=O) groups excluding carboxylic acids is 1. The van der Waals surface area contributed by atoms with Gasteiger partial charge in [0.1, 0.15) is 11.4 Å². The quantitative estimate of drug-likeness (QED) is 0.209. The minimum absolute atomic E-state index is 0.139. The summed E-state index contributed by atoms with van der Waals surface area (Å²) in [7, 11) is 0. The Hall–Kier alpha value is -2.98. The predicted molar refractivity (Wildman–Crippen MR) is 115 cm³/mol. The second kappa shape index (κ2) is 8.75. The van der Waals surface area contributed by atoms with Crippen molar-refractivity contribution in [1.82, 2.24) is 9.97 Å². The number of benzene rings is 2. The minimum atomic E-state index is -4.45. The summed E-state index contributed by atoms with van der Waals surface area (Å²) >= 11 is 6.23. The number of hydrogen-bond donors (Lipinski definition) is 3. The van der Waals surface area contributed by atoms with E-state index in [0.29, 0.717) is 30.8 Å². The van der Waals surface area contributed by atoms with Crippen molar-refractivity contribution in [2.75, 3.05) is 0 Å². The zero-order valence-corrected chi connectivity index (χ0v) is 19.1. The SMILES string of the molecule is N#Cc1cc(Br)c2cc(C(F)(F)F)[nH]c2c1.NC(=O)c1cc(Br)c2cc(C(F)(F)F)[nH]c2c1. The standard InChI is InChI=1S/C10H6BrF3N2O.C10H4BrF3N2/c11-6-1-4(9(15)17)2-7-5(6)3-8(16-7)10(12,13)14;11-7-1-5(4-15)2-8-6(7)3-9(16-8)10(12,13)14/h1-3,16H,(H2,15,17);1-3,16H. The molecule has 2 aromatic heterocycles. The molecule has 4 N–H and O–H groups in total. The van der Waals surface area contributed by atoms with Gasteiger partial charge in [0.2, 0.25) is 5.91 Å². The highest BCUT2D eigenvalue weighted by molar-refractivity contribution is 9.11. The fraction of sp³-hybridized carbons (Fsp3) is 0.100. The summed E-state index contributed by atoms with van der Waals surface area (Å²) in [5.74, 6) is -0.698. The molecule has 2 aromatic carbocycles. The van der Waals surface area contributed by atoms with E-state index in [1.807, 2.05) is 6.07 Å². The van der Waals surface area contributed by atoms with E-state index < -0.39 is 29.6 Å². The number of fused-ring (bicyclic) bond motifs is 2. The summed E-state index contributed by atoms with van der Waals surface area (Å²) in [6, 6.07) is 9.41. The summed E-state index contributed by atoms with van der Waals surface area (Å²) < 4.78 is 75.6. The van der Waals surface area contributed by atoms with Crippen LogP contribution in [0.2, 0.25) is 0 Å². The zero-order chi connectivity index (χ0) is 24.7. The molecule has 0 unspecified atom stereocenters. The van der Waals surface area contributed by atoms with Crippen LogP contribution in [0.15, 0.2) is 45.3 Å². The summed E-state index contributed by atoms with van der Waals surface area (Å²) in [6.07, 6.45) is -8.86. The van der Waals surface area contributed by atoms with E-state index in [1.165, 1.54) is 24.3 Å². The normalized spacial score (nSPS) is 11.8. The van der Waals surface area contributed by atoms with Gasteiger partial charge in [-0.3, -0.25) is 4.79 Å². The van der Waals surface area contributed by atoms with Crippen LogP contribution in [0.1, 0.15) is 27.3 Å². The first-order chi connectivity index (χ1) is 15.2. The molecule has 0 saturated heterocycles. The molecule has 0 aliphatic rings. The Labute approximate surface area is 197 Å². The molecule has 0 bridgehead atoms. The highest BCUT2D eigenvalue weighted by atomic mass is 79.9. The van der Waals surface area contributed by atoms with Gasteiger partial charge in [0.25, 0.3) is 0 Å². The first-order valence-corrected chi connectivity index (χ1v) is 10.3. The average Bonchev–Trinajstić information content (AvgIpc) is 3.32. The summed E-state index contributed by atoms with van der Waals surface area (Å²) in [4.78, 5) is 15.4. The van der Waals surface area contributed by atoms with Gasteiger partial charge in [-0.15, -0.1) is 0 Å². The van der Waals surface area contributed by atoms with Crippen molar-refractivity contribution in [3.63, 3.8) is 0 Å². The molecule has 4 aromatic rings. The number of halogens is 8. The first kappa shape index (κ1) is 24.7. The molecular formula is C20H10Br2F6N4O. The average molecular weight is 596 g/mol. The zero-order valence-electron chi connectivity index (χ0n) is 15.9. The van der Waals surface area contributed by atoms with Gasteiger partial charge in [-0.2, -0.15) is 31.6 Å². The van der Waals surface area contributed by atoms with Crippen LogP contribution in [0.25, 0.3) is 21.8 Å². The molecular weight excluding hydrogens is 586 g/mol. The lowest BCUT2D eigenvalue weighted by molar-refractivity contribution is -0.141. The van der Waals surface area contributed by atoms with Crippen molar-refractivity contribution in [3.05, 3.63) is 67.9 Å². The molecule has 0 atom stereocenters. The van der Waals surface area contributed by atoms with Crippen LogP contribution in [-0.4, -0.2) is 15.9 Å². The number of H-pyrrole nitrogens is 2. The number of nitrogens with one attached hydrogen (secondary N) is 2. The summed E-state index contributed by atoms with van der Waals surface area (Å²) in [5, 5.41) is 9.44. The maximum absolute atomic E-state index is 12.5. The lowest BCUT2D eigenvalue weighted by atomic mass is 10.1. The van der Waals surface area contributed by atoms with E-state index in [0.717, 1.165) is 12.1 Å². The number of hydrogen-bond acceptors (Lipinski definition) is 2. The number of nitriles is 1. The van der Waals surface area contributed by atoms with Crippen LogP contribution in [0.4, 0.5) is 26.3 Å². The Bertz CT molecular complexity index is 1410. The lowest BCUT2D eigenvalue weighted by Gasteiger charge is -2.00. The van der Waals surface area contributed by atoms with E-state index in [-0.39, 0.29) is 11.1 Å². The number of rotatable bonds is 1. The second-order valence-corrected chi connectivity index (χ2v) is 8.38. The van der Waals surface area contributed by atoms with Crippen molar-refractivity contribution in [2.24, 2.45) is 5.73 Å². The van der Waals surface area contributed by atoms with Crippen LogP contribution in [0.3, 0.4) is 0 Å². The van der Waals surface area contributed by atoms with E-state index >= 15 is 0 Å². The molecule has 172 valence electrons. The smallest absolute Gasteiger partial charge is 0.366 e. The van der Waals surface area contributed by atoms with Gasteiger partial charge in [0.05, 0.1) is 11.6 Å². The number of carbonyl (C=O) groups is 1. The number of primary amides is 1. The summed E-state index contributed by atoms with van der Waals surface area (Å²) in [5.41, 5.74) is 4.32. The molecule has 13 heteroatoms. The largest absolute Gasteiger partial charge is 0.431 e. The van der Waals surface area contributed by atoms with Gasteiger partial charge in [-0.1, -0.05) is 31.9 Å². The predicted octanol–water partition coefficient (Wildman–Crippen LogP) is 6.87. The van der Waals surface area contributed by atoms with Gasteiger partial charge in [0.15, 0.2) is 0 Å². The van der Waals surface area contributed by atoms with Crippen LogP contribution in [0.5, 0.6) is 0 Å². The highest BCUT2D eigenvalue weighted by Gasteiger charge is 2.33. The molecule has 0 spiro atoms. The Balaban J connectivity index is 0.000000186. The van der Waals surface area contributed by atoms with Crippen LogP contribution >= 0.6 is 31.9 Å². The molecule has 4 rings (SSSR count). The molecule has 0 fully saturated rings. The maximum Gasteiger partial charge on any atom is 0.431 e. The number of amides is 1. The van der Waals surface area contributed by atoms with Gasteiger partial charge in [-0.05, 0) is 36.4 Å². The van der Waals surface area contributed by atoms with Crippen molar-refractivity contribution in [1.29, 1.82) is 5.26 Å². The molecule has 5 nitrogen and oxygen atoms in total. The van der Waals surface area contributed by atoms with Gasteiger partial charge < -0.3 is 15.7 Å². The Kier molecular flexibility index (Phi) is 6.54. The maximum atomic E-state index is 12.5. The Morgan fingerprint density at radius 2 is 1.27 bits per heavy atom. The van der Waals surface area contributed by atoms with E-state index in [2.05, 4.69) is 41.8 Å². The van der Waals surface area contributed by atoms with Gasteiger partial charge >= 0.3 is 12.4 Å². The molecule has 33 heavy (non-hydrogen) atoms. The van der Waals surface area contributed by atoms with Gasteiger partial charge in [-0.25, -0.2) is 0 Å². The van der Waals surface area contributed by atoms with Gasteiger partial charge in [0, 0.05) is 36.3 Å². The lowest BCUT2D eigenvalue weighted by Crippen LogP contribution is -2.10. The van der Waals surface area contributed by atoms with Crippen molar-refractivity contribution >= 4 is 59.6 Å². The van der Waals surface area contributed by atoms with Crippen molar-refractivity contribution in [2.45, 2.75) is 12.4 Å². The first-order valence-electron chi connectivity index (χ1n) is 8.69. The van der Waals surface area contributed by atoms with Crippen molar-refractivity contribution in [3.8, 4) is 6.07 Å². The number of alkyl halides is 6. The topological polar surface area (TPSA) is 98.5 Å². The van der Waals surface area contributed by atoms with E-state index in [9.17, 15) is 31.1 Å². The Morgan fingerprint density at radius 1 is 0.818 bits per heavy atom. The second-order valence-electron chi connectivity index (χ2n) is 6.68. The molecule has 0 saturated carbocycles. The van der Waals surface area contributed by atoms with Crippen LogP contribution in [0, 0.1) is 11.3 Å². The van der Waals surface area contributed by atoms with E-state index in [1.54, 1.807) is 0 Å². The fourth-order valence-corrected chi connectivity index (χ4v) is 4.05. The van der Waals surface area contributed by atoms with Crippen LogP contribution in [-0.2, 0) is 12.4 Å². The summed E-state index contributed by atoms with van der Waals surface area (Å²) in [6.45, 7) is 0. The van der Waals surface area contributed by atoms with Crippen LogP contribution < -0.4 is 5.73 Å². The molecule has 0 aliphatic heterocycles. The molecule has 1 amide bonds. The third-order valence-corrected chi connectivity index (χ3v) is 5.71. The third-order valence-electron chi connectivity index (χ3n) is 4.40. The minimum Gasteiger partial charge on any atom is -0.366 e. The number of nitrogens with zero attached hydrogens (tertiary/aromatic N) is 1. The number of aromatic amines is 2. The fourth-order valence-electron chi connectivity index (χ4n) is 2.90. The molecule has 0 aliphatic carbocycles. The highest BCUT2D eigenvalue weighted by Crippen LogP contribution is 2.35. The molecule has 2 heterocycles. The van der Waals surface area contributed by atoms with Crippen molar-refractivity contribution < 1.29 is 31.1 Å². The third kappa shape index (κ3) is 5.33. The Morgan fingerprint density at radius 3 is 1.70 bits per heavy atom.